The van der Waals surface area contributed by atoms with Crippen LogP contribution in [0.3, 0.4) is 0 Å². The number of carboxylic acid groups (broad SMARTS) is 1. The molecule has 1 rings (SSSR count). The maximum absolute atomic E-state index is 12.2. The highest BCUT2D eigenvalue weighted by molar-refractivity contribution is 5.96. The summed E-state index contributed by atoms with van der Waals surface area (Å²) in [5.41, 5.74) is 1.42. The van der Waals surface area contributed by atoms with E-state index >= 15 is 0 Å². The summed E-state index contributed by atoms with van der Waals surface area (Å²) in [6, 6.07) is 6.13. The van der Waals surface area contributed by atoms with Gasteiger partial charge in [0.2, 0.25) is 0 Å². The number of hydrogen-bond acceptors (Lipinski definition) is 3. The molecule has 22 heavy (non-hydrogen) atoms. The lowest BCUT2D eigenvalue weighted by Gasteiger charge is -2.20. The first-order chi connectivity index (χ1) is 10.3. The fourth-order valence-corrected chi connectivity index (χ4v) is 1.92. The Bertz CT molecular complexity index is 496. The lowest BCUT2D eigenvalue weighted by Crippen LogP contribution is -2.45. The highest BCUT2D eigenvalue weighted by Gasteiger charge is 2.25. The molecule has 0 aliphatic carbocycles. The molecule has 0 aliphatic rings. The zero-order chi connectivity index (χ0) is 16.7. The average Bonchev–Trinajstić information content (AvgIpc) is 2.49. The molecule has 0 fully saturated rings. The van der Waals surface area contributed by atoms with E-state index in [9.17, 15) is 14.7 Å². The first kappa shape index (κ1) is 18.2. The van der Waals surface area contributed by atoms with Crippen LogP contribution in [-0.4, -0.2) is 29.1 Å². The van der Waals surface area contributed by atoms with Crippen molar-refractivity contribution in [3.63, 3.8) is 0 Å². The smallest absolute Gasteiger partial charge is 0.326 e. The molecule has 1 aromatic carbocycles. The number of aliphatic carboxylic acids is 1. The fraction of sp³-hybridized carbons (Fsp3) is 0.529. The van der Waals surface area contributed by atoms with E-state index in [2.05, 4.69) is 5.32 Å². The third kappa shape index (κ3) is 5.48. The van der Waals surface area contributed by atoms with Gasteiger partial charge in [0.25, 0.3) is 5.91 Å². The second-order valence-electron chi connectivity index (χ2n) is 5.73. The van der Waals surface area contributed by atoms with Crippen LogP contribution in [0.25, 0.3) is 0 Å². The number of benzene rings is 1. The van der Waals surface area contributed by atoms with Gasteiger partial charge in [-0.25, -0.2) is 4.79 Å². The van der Waals surface area contributed by atoms with Crippen LogP contribution in [0.5, 0.6) is 0 Å². The van der Waals surface area contributed by atoms with Gasteiger partial charge in [0.05, 0.1) is 12.7 Å². The molecule has 2 N–H and O–H groups in total. The summed E-state index contributed by atoms with van der Waals surface area (Å²) in [4.78, 5) is 23.4. The van der Waals surface area contributed by atoms with Crippen molar-refractivity contribution < 1.29 is 19.4 Å². The Hall–Kier alpha value is -1.88. The number of rotatable bonds is 8. The van der Waals surface area contributed by atoms with Crippen molar-refractivity contribution >= 4 is 11.9 Å². The van der Waals surface area contributed by atoms with Crippen LogP contribution in [0.15, 0.2) is 24.3 Å². The molecular weight excluding hydrogens is 282 g/mol. The summed E-state index contributed by atoms with van der Waals surface area (Å²) in [6.07, 6.45) is 0.831. The molecule has 0 heterocycles. The third-order valence-corrected chi connectivity index (χ3v) is 3.57. The molecule has 122 valence electrons. The van der Waals surface area contributed by atoms with E-state index in [-0.39, 0.29) is 17.9 Å². The second-order valence-corrected chi connectivity index (χ2v) is 5.73. The molecule has 0 spiro atoms. The summed E-state index contributed by atoms with van der Waals surface area (Å²) in [5, 5.41) is 11.8. The minimum atomic E-state index is -1.01. The monoisotopic (exact) mass is 307 g/mol. The number of carbonyl (C=O) groups is 2. The van der Waals surface area contributed by atoms with Crippen LogP contribution in [0, 0.1) is 5.92 Å². The Morgan fingerprint density at radius 2 is 1.77 bits per heavy atom. The normalized spacial score (nSPS) is 13.7. The van der Waals surface area contributed by atoms with Gasteiger partial charge in [-0.3, -0.25) is 4.79 Å². The lowest BCUT2D eigenvalue weighted by atomic mass is 9.99. The maximum Gasteiger partial charge on any atom is 0.326 e. The van der Waals surface area contributed by atoms with Gasteiger partial charge < -0.3 is 15.2 Å². The molecule has 0 radical (unpaired) electrons. The Balaban J connectivity index is 2.70. The summed E-state index contributed by atoms with van der Waals surface area (Å²) in [7, 11) is 0. The molecular formula is C17H25NO4. The Kier molecular flexibility index (Phi) is 7.05. The SMILES string of the molecule is CCC(C)C(NC(=O)c1ccc(COC(C)C)cc1)C(=O)O. The molecule has 1 aromatic rings. The van der Waals surface area contributed by atoms with Crippen molar-refractivity contribution in [3.8, 4) is 0 Å². The standard InChI is InChI=1S/C17H25NO4/c1-5-12(4)15(17(20)21)18-16(19)14-8-6-13(7-9-14)10-22-11(2)3/h6-9,11-12,15H,5,10H2,1-4H3,(H,18,19)(H,20,21). The topological polar surface area (TPSA) is 75.6 Å². The van der Waals surface area contributed by atoms with Gasteiger partial charge in [-0.05, 0) is 37.5 Å². The zero-order valence-electron chi connectivity index (χ0n) is 13.6. The van der Waals surface area contributed by atoms with Gasteiger partial charge in [0.15, 0.2) is 0 Å². The van der Waals surface area contributed by atoms with Crippen LogP contribution in [-0.2, 0) is 16.1 Å². The Morgan fingerprint density at radius 1 is 1.18 bits per heavy atom. The van der Waals surface area contributed by atoms with Crippen LogP contribution in [0.4, 0.5) is 0 Å². The quantitative estimate of drug-likeness (QED) is 0.774. The number of amides is 1. The van der Waals surface area contributed by atoms with E-state index in [4.69, 9.17) is 4.74 Å². The van der Waals surface area contributed by atoms with Gasteiger partial charge in [0.1, 0.15) is 6.04 Å². The van der Waals surface area contributed by atoms with Crippen LogP contribution in [0.1, 0.15) is 50.0 Å². The summed E-state index contributed by atoms with van der Waals surface area (Å²) >= 11 is 0. The van der Waals surface area contributed by atoms with E-state index in [0.717, 1.165) is 5.56 Å². The van der Waals surface area contributed by atoms with Crippen molar-refractivity contribution in [1.82, 2.24) is 5.32 Å². The van der Waals surface area contributed by atoms with Gasteiger partial charge in [-0.2, -0.15) is 0 Å². The van der Waals surface area contributed by atoms with E-state index in [1.807, 2.05) is 39.8 Å². The highest BCUT2D eigenvalue weighted by Crippen LogP contribution is 2.11. The minimum absolute atomic E-state index is 0.125. The second kappa shape index (κ2) is 8.54. The van der Waals surface area contributed by atoms with Gasteiger partial charge in [-0.1, -0.05) is 32.4 Å². The van der Waals surface area contributed by atoms with Crippen LogP contribution in [0.2, 0.25) is 0 Å². The van der Waals surface area contributed by atoms with Gasteiger partial charge in [0, 0.05) is 5.56 Å². The van der Waals surface area contributed by atoms with E-state index in [1.54, 1.807) is 12.1 Å². The number of carboxylic acids is 1. The van der Waals surface area contributed by atoms with Crippen LogP contribution < -0.4 is 5.32 Å². The van der Waals surface area contributed by atoms with E-state index in [0.29, 0.717) is 18.6 Å². The Morgan fingerprint density at radius 3 is 2.23 bits per heavy atom. The molecule has 0 saturated heterocycles. The largest absolute Gasteiger partial charge is 0.480 e. The van der Waals surface area contributed by atoms with Gasteiger partial charge >= 0.3 is 5.97 Å². The van der Waals surface area contributed by atoms with Crippen LogP contribution >= 0.6 is 0 Å². The van der Waals surface area contributed by atoms with E-state index in [1.165, 1.54) is 0 Å². The maximum atomic E-state index is 12.2. The molecule has 0 aliphatic heterocycles. The minimum Gasteiger partial charge on any atom is -0.480 e. The zero-order valence-corrected chi connectivity index (χ0v) is 13.6. The molecule has 2 atom stereocenters. The number of hydrogen-bond donors (Lipinski definition) is 2. The first-order valence-electron chi connectivity index (χ1n) is 7.59. The summed E-state index contributed by atoms with van der Waals surface area (Å²) in [6.45, 7) is 8.12. The highest BCUT2D eigenvalue weighted by atomic mass is 16.5. The van der Waals surface area contributed by atoms with Crippen molar-refractivity contribution in [2.75, 3.05) is 0 Å². The molecule has 5 nitrogen and oxygen atoms in total. The molecule has 2 unspecified atom stereocenters. The number of ether oxygens (including phenoxy) is 1. The first-order valence-corrected chi connectivity index (χ1v) is 7.59. The predicted octanol–water partition coefficient (Wildman–Crippen LogP) is 2.84. The molecule has 1 amide bonds. The van der Waals surface area contributed by atoms with Crippen molar-refractivity contribution in [2.45, 2.75) is 52.9 Å². The van der Waals surface area contributed by atoms with Crippen molar-refractivity contribution in [2.24, 2.45) is 5.92 Å². The Labute approximate surface area is 131 Å². The number of nitrogens with one attached hydrogen (secondary N) is 1. The molecule has 0 aromatic heterocycles. The van der Waals surface area contributed by atoms with E-state index < -0.39 is 12.0 Å². The predicted molar refractivity (Wildman–Crippen MR) is 84.7 cm³/mol. The molecule has 5 heteroatoms. The van der Waals surface area contributed by atoms with Gasteiger partial charge in [-0.15, -0.1) is 0 Å². The lowest BCUT2D eigenvalue weighted by molar-refractivity contribution is -0.140. The summed E-state index contributed by atoms with van der Waals surface area (Å²) in [5.74, 6) is -1.51. The molecule has 0 bridgehead atoms. The molecule has 0 saturated carbocycles. The third-order valence-electron chi connectivity index (χ3n) is 3.57. The van der Waals surface area contributed by atoms with Crippen molar-refractivity contribution in [1.29, 1.82) is 0 Å². The van der Waals surface area contributed by atoms with Crippen molar-refractivity contribution in [3.05, 3.63) is 35.4 Å². The fourth-order valence-electron chi connectivity index (χ4n) is 1.92. The number of carbonyl (C=O) groups excluding carboxylic acids is 1. The summed E-state index contributed by atoms with van der Waals surface area (Å²) < 4.78 is 5.49. The average molecular weight is 307 g/mol.